The van der Waals surface area contributed by atoms with E-state index in [4.69, 9.17) is 9.47 Å². The number of anilines is 1. The van der Waals surface area contributed by atoms with Crippen molar-refractivity contribution < 1.29 is 46.1 Å². The second-order valence-corrected chi connectivity index (χ2v) is 12.6. The molecule has 272 valence electrons. The van der Waals surface area contributed by atoms with Crippen LogP contribution in [0, 0.1) is 17.6 Å². The maximum Gasteiger partial charge on any atom is 0.416 e. The summed E-state index contributed by atoms with van der Waals surface area (Å²) in [6, 6.07) is 19.4. The average molecular weight is 714 g/mol. The molecule has 1 aliphatic rings. The van der Waals surface area contributed by atoms with Gasteiger partial charge in [0.25, 0.3) is 5.91 Å². The number of nitrogens with zero attached hydrogens (tertiary/aromatic N) is 2. The van der Waals surface area contributed by atoms with E-state index in [0.717, 1.165) is 30.3 Å². The van der Waals surface area contributed by atoms with Crippen LogP contribution in [0.1, 0.15) is 40.9 Å². The van der Waals surface area contributed by atoms with Gasteiger partial charge >= 0.3 is 6.18 Å². The minimum atomic E-state index is -4.44. The summed E-state index contributed by atoms with van der Waals surface area (Å²) in [4.78, 5) is 29.3. The first kappa shape index (κ1) is 38.8. The summed E-state index contributed by atoms with van der Waals surface area (Å²) in [5.74, 6) is -1.33. The van der Waals surface area contributed by atoms with Crippen molar-refractivity contribution in [2.75, 3.05) is 39.2 Å². The van der Waals surface area contributed by atoms with Crippen LogP contribution in [0.25, 0.3) is 0 Å². The van der Waals surface area contributed by atoms with Gasteiger partial charge in [0.05, 0.1) is 42.5 Å². The number of aliphatic hydroxyl groups excluding tert-OH is 1. The van der Waals surface area contributed by atoms with E-state index >= 15 is 0 Å². The number of benzene rings is 4. The summed E-state index contributed by atoms with van der Waals surface area (Å²) >= 11 is 0. The Balaban J connectivity index is 0.000000261. The van der Waals surface area contributed by atoms with Crippen LogP contribution < -0.4 is 14.8 Å². The Bertz CT molecular complexity index is 1780. The van der Waals surface area contributed by atoms with Gasteiger partial charge in [-0.15, -0.1) is 0 Å². The molecule has 2 amide bonds. The monoisotopic (exact) mass is 713 g/mol. The fourth-order valence-electron chi connectivity index (χ4n) is 5.19. The summed E-state index contributed by atoms with van der Waals surface area (Å²) in [7, 11) is 3.97. The molecule has 0 saturated heterocycles. The molecule has 0 unspecified atom stereocenters. The molecule has 0 fully saturated rings. The van der Waals surface area contributed by atoms with Crippen LogP contribution >= 0.6 is 0 Å². The molecule has 0 aromatic heterocycles. The second-order valence-electron chi connectivity index (χ2n) is 12.6. The van der Waals surface area contributed by atoms with Gasteiger partial charge in [0, 0.05) is 25.1 Å². The molecule has 8 nitrogen and oxygen atoms in total. The molecule has 4 aromatic rings. The van der Waals surface area contributed by atoms with Gasteiger partial charge in [-0.2, -0.15) is 13.2 Å². The Hall–Kier alpha value is -5.01. The van der Waals surface area contributed by atoms with E-state index in [9.17, 15) is 36.6 Å². The molecule has 2 atom stereocenters. The predicted octanol–water partition coefficient (Wildman–Crippen LogP) is 7.56. The fraction of sp³-hybridized carbons (Fsp3) is 0.316. The molecule has 13 heteroatoms. The van der Waals surface area contributed by atoms with Crippen molar-refractivity contribution in [3.05, 3.63) is 119 Å². The molecule has 1 heterocycles. The van der Waals surface area contributed by atoms with Crippen LogP contribution in [0.3, 0.4) is 0 Å². The summed E-state index contributed by atoms with van der Waals surface area (Å²) in [6.45, 7) is 5.04. The lowest BCUT2D eigenvalue weighted by atomic mass is 10.0. The van der Waals surface area contributed by atoms with Crippen LogP contribution in [-0.4, -0.2) is 66.6 Å². The van der Waals surface area contributed by atoms with Crippen molar-refractivity contribution in [2.45, 2.75) is 39.0 Å². The number of ether oxygens (including phenoxy) is 2. The maximum absolute atomic E-state index is 13.4. The van der Waals surface area contributed by atoms with E-state index in [-0.39, 0.29) is 48.0 Å². The molecule has 51 heavy (non-hydrogen) atoms. The van der Waals surface area contributed by atoms with Gasteiger partial charge in [0.15, 0.2) is 17.3 Å². The number of alkyl halides is 3. The van der Waals surface area contributed by atoms with E-state index in [0.29, 0.717) is 30.2 Å². The second kappa shape index (κ2) is 17.3. The smallest absolute Gasteiger partial charge is 0.416 e. The Kier molecular flexibility index (Phi) is 13.1. The molecular weight excluding hydrogens is 673 g/mol. The van der Waals surface area contributed by atoms with Crippen LogP contribution in [0.5, 0.6) is 17.2 Å². The normalized spacial score (nSPS) is 15.1. The molecule has 0 radical (unpaired) electrons. The van der Waals surface area contributed by atoms with Gasteiger partial charge in [0.2, 0.25) is 5.91 Å². The van der Waals surface area contributed by atoms with Crippen molar-refractivity contribution in [1.29, 1.82) is 0 Å². The maximum atomic E-state index is 13.4. The van der Waals surface area contributed by atoms with Crippen LogP contribution in [0.2, 0.25) is 0 Å². The van der Waals surface area contributed by atoms with Crippen LogP contribution in [0.4, 0.5) is 27.6 Å². The number of carbonyl (C=O) groups is 2. The third-order valence-electron chi connectivity index (χ3n) is 7.79. The zero-order chi connectivity index (χ0) is 37.3. The molecule has 2 N–H and O–H groups in total. The Morgan fingerprint density at radius 3 is 2.29 bits per heavy atom. The van der Waals surface area contributed by atoms with Gasteiger partial charge in [0.1, 0.15) is 11.6 Å². The fourth-order valence-corrected chi connectivity index (χ4v) is 5.19. The molecule has 1 aliphatic heterocycles. The first-order chi connectivity index (χ1) is 24.1. The topological polar surface area (TPSA) is 91.3 Å². The summed E-state index contributed by atoms with van der Waals surface area (Å²) in [5.41, 5.74) is 1.34. The number of nitrogens with one attached hydrogen (secondary N) is 1. The number of rotatable bonds is 9. The molecule has 0 bridgehead atoms. The standard InChI is InChI=1S/C23H25F3N2O4.C15H15F2NO/c1-14-11-28(15(2)12-29)22(31)18-4-3-5-19(21(18)32-13-14)27-20(30)10-16-6-8-17(9-7-16)23(24,25)26;1-18(2)10-11-3-6-13(7-4-11)19-15-8-5-12(16)9-14(15)17/h3-9,14-15,29H,10-13H2,1-2H3,(H,27,30);3-9H,10H2,1-2H3/t14-,15+;/m1./s1. The third kappa shape index (κ3) is 11.0. The Morgan fingerprint density at radius 1 is 1.02 bits per heavy atom. The summed E-state index contributed by atoms with van der Waals surface area (Å²) < 4.78 is 75.5. The quantitative estimate of drug-likeness (QED) is 0.174. The predicted molar refractivity (Wildman–Crippen MR) is 183 cm³/mol. The molecular formula is C38H40F5N3O5. The number of para-hydroxylation sites is 1. The van der Waals surface area contributed by atoms with Crippen molar-refractivity contribution in [1.82, 2.24) is 9.80 Å². The van der Waals surface area contributed by atoms with Crippen molar-refractivity contribution >= 4 is 17.5 Å². The van der Waals surface area contributed by atoms with Gasteiger partial charge in [-0.25, -0.2) is 8.78 Å². The lowest BCUT2D eigenvalue weighted by Gasteiger charge is -2.33. The zero-order valence-corrected chi connectivity index (χ0v) is 28.6. The number of hydrogen-bond donors (Lipinski definition) is 2. The van der Waals surface area contributed by atoms with Crippen LogP contribution in [-0.2, 0) is 23.9 Å². The minimum absolute atomic E-state index is 0.00277. The Labute approximate surface area is 293 Å². The van der Waals surface area contributed by atoms with Gasteiger partial charge in [-0.05, 0) is 80.7 Å². The van der Waals surface area contributed by atoms with Gasteiger partial charge in [-0.1, -0.05) is 37.3 Å². The summed E-state index contributed by atoms with van der Waals surface area (Å²) in [6.07, 6.45) is -4.58. The van der Waals surface area contributed by atoms with E-state index in [2.05, 4.69) is 10.2 Å². The highest BCUT2D eigenvalue weighted by molar-refractivity contribution is 6.02. The molecule has 0 spiro atoms. The highest BCUT2D eigenvalue weighted by Crippen LogP contribution is 2.33. The lowest BCUT2D eigenvalue weighted by molar-refractivity contribution is -0.137. The highest BCUT2D eigenvalue weighted by Gasteiger charge is 2.31. The van der Waals surface area contributed by atoms with Crippen molar-refractivity contribution in [3.63, 3.8) is 0 Å². The van der Waals surface area contributed by atoms with E-state index in [1.807, 2.05) is 33.2 Å². The first-order valence-corrected chi connectivity index (χ1v) is 16.1. The molecule has 4 aromatic carbocycles. The SMILES string of the molecule is CN(C)Cc1ccc(Oc2ccc(F)cc2F)cc1.C[C@H]1COc2c(NC(=O)Cc3ccc(C(F)(F)F)cc3)cccc2C(=O)N([C@@H](C)CO)C1. The molecule has 0 aliphatic carbocycles. The first-order valence-electron chi connectivity index (χ1n) is 16.1. The number of aliphatic hydroxyl groups is 1. The van der Waals surface area contributed by atoms with E-state index < -0.39 is 29.3 Å². The van der Waals surface area contributed by atoms with E-state index in [1.165, 1.54) is 24.3 Å². The number of carbonyl (C=O) groups excluding carboxylic acids is 2. The molecule has 0 saturated carbocycles. The largest absolute Gasteiger partial charge is 0.490 e. The third-order valence-corrected chi connectivity index (χ3v) is 7.79. The van der Waals surface area contributed by atoms with Gasteiger partial charge in [-0.3, -0.25) is 9.59 Å². The van der Waals surface area contributed by atoms with E-state index in [1.54, 1.807) is 42.2 Å². The van der Waals surface area contributed by atoms with Crippen molar-refractivity contribution in [3.8, 4) is 17.2 Å². The number of fused-ring (bicyclic) bond motifs is 1. The Morgan fingerprint density at radius 2 is 1.69 bits per heavy atom. The highest BCUT2D eigenvalue weighted by atomic mass is 19.4. The number of halogens is 5. The number of amides is 2. The minimum Gasteiger partial charge on any atom is -0.490 e. The average Bonchev–Trinajstić information content (AvgIpc) is 3.07. The lowest BCUT2D eigenvalue weighted by Crippen LogP contribution is -2.45. The van der Waals surface area contributed by atoms with Gasteiger partial charge < -0.3 is 29.7 Å². The van der Waals surface area contributed by atoms with Crippen LogP contribution in [0.15, 0.2) is 84.9 Å². The number of hydrogen-bond acceptors (Lipinski definition) is 6. The zero-order valence-electron chi connectivity index (χ0n) is 28.6. The summed E-state index contributed by atoms with van der Waals surface area (Å²) in [5, 5.41) is 12.2. The van der Waals surface area contributed by atoms with Crippen molar-refractivity contribution in [2.24, 2.45) is 5.92 Å². The molecule has 5 rings (SSSR count).